The van der Waals surface area contributed by atoms with E-state index in [1.807, 2.05) is 0 Å². The summed E-state index contributed by atoms with van der Waals surface area (Å²) in [4.78, 5) is 23.5. The minimum atomic E-state index is -1.11. The number of hydrogen-bond acceptors (Lipinski definition) is 2. The van der Waals surface area contributed by atoms with Crippen molar-refractivity contribution in [2.24, 2.45) is 0 Å². The predicted octanol–water partition coefficient (Wildman–Crippen LogP) is 2.07. The lowest BCUT2D eigenvalue weighted by atomic mass is 10.2. The zero-order valence-electron chi connectivity index (χ0n) is 10.4. The number of carboxylic acid groups (broad SMARTS) is 1. The Labute approximate surface area is 104 Å². The number of nitrogens with one attached hydrogen (secondary N) is 1. The number of carbonyl (C=O) groups is 2. The van der Waals surface area contributed by atoms with E-state index < -0.39 is 23.9 Å². The summed E-state index contributed by atoms with van der Waals surface area (Å²) in [6.07, 6.45) is 0. The highest BCUT2D eigenvalue weighted by Crippen LogP contribution is 2.17. The number of rotatable bonds is 3. The molecule has 0 fully saturated rings. The molecule has 0 heterocycles. The van der Waals surface area contributed by atoms with Gasteiger partial charge in [0.05, 0.1) is 0 Å². The number of urea groups is 1. The second kappa shape index (κ2) is 5.48. The highest BCUT2D eigenvalue weighted by Gasteiger charge is 2.22. The number of aliphatic carboxylic acids is 1. The van der Waals surface area contributed by atoms with Gasteiger partial charge in [-0.2, -0.15) is 0 Å². The fraction of sp³-hybridized carbons (Fsp3) is 0.333. The summed E-state index contributed by atoms with van der Waals surface area (Å²) >= 11 is 0. The Morgan fingerprint density at radius 3 is 2.61 bits per heavy atom. The van der Waals surface area contributed by atoms with Crippen molar-refractivity contribution in [1.82, 2.24) is 4.90 Å². The first-order valence-electron chi connectivity index (χ1n) is 5.36. The SMILES string of the molecule is Cc1c(F)cccc1NC(=O)N(C)C(C)C(=O)O. The molecule has 98 valence electrons. The number of nitrogens with zero attached hydrogens (tertiary/aromatic N) is 1. The van der Waals surface area contributed by atoms with E-state index in [1.165, 1.54) is 33.0 Å². The molecule has 0 aliphatic heterocycles. The lowest BCUT2D eigenvalue weighted by Crippen LogP contribution is -2.42. The van der Waals surface area contributed by atoms with E-state index >= 15 is 0 Å². The van der Waals surface area contributed by atoms with Gasteiger partial charge in [0, 0.05) is 18.3 Å². The van der Waals surface area contributed by atoms with Crippen molar-refractivity contribution in [3.05, 3.63) is 29.6 Å². The fourth-order valence-electron chi connectivity index (χ4n) is 1.29. The van der Waals surface area contributed by atoms with Crippen LogP contribution < -0.4 is 5.32 Å². The van der Waals surface area contributed by atoms with Crippen LogP contribution in [0.25, 0.3) is 0 Å². The molecule has 1 aromatic rings. The monoisotopic (exact) mass is 254 g/mol. The molecule has 2 N–H and O–H groups in total. The van der Waals surface area contributed by atoms with Crippen molar-refractivity contribution in [2.75, 3.05) is 12.4 Å². The van der Waals surface area contributed by atoms with Crippen LogP contribution >= 0.6 is 0 Å². The molecule has 0 spiro atoms. The number of carbonyl (C=O) groups excluding carboxylic acids is 1. The summed E-state index contributed by atoms with van der Waals surface area (Å²) in [6, 6.07) is 2.75. The highest BCUT2D eigenvalue weighted by atomic mass is 19.1. The van der Waals surface area contributed by atoms with E-state index in [0.29, 0.717) is 11.3 Å². The van der Waals surface area contributed by atoms with Crippen LogP contribution in [0.3, 0.4) is 0 Å². The normalized spacial score (nSPS) is 11.8. The van der Waals surface area contributed by atoms with Crippen LogP contribution in [0.4, 0.5) is 14.9 Å². The van der Waals surface area contributed by atoms with Gasteiger partial charge in [-0.3, -0.25) is 0 Å². The zero-order chi connectivity index (χ0) is 13.9. The number of hydrogen-bond donors (Lipinski definition) is 2. The standard InChI is InChI=1S/C12H15FN2O3/c1-7-9(13)5-4-6-10(7)14-12(18)15(3)8(2)11(16)17/h4-6,8H,1-3H3,(H,14,18)(H,16,17). The molecule has 0 aliphatic rings. The molecule has 1 aromatic carbocycles. The molecule has 1 atom stereocenters. The van der Waals surface area contributed by atoms with Crippen LogP contribution in [0, 0.1) is 12.7 Å². The predicted molar refractivity (Wildman–Crippen MR) is 65.0 cm³/mol. The zero-order valence-corrected chi connectivity index (χ0v) is 10.4. The van der Waals surface area contributed by atoms with Gasteiger partial charge in [0.1, 0.15) is 11.9 Å². The topological polar surface area (TPSA) is 69.6 Å². The lowest BCUT2D eigenvalue weighted by Gasteiger charge is -2.22. The van der Waals surface area contributed by atoms with Gasteiger partial charge in [-0.25, -0.2) is 14.0 Å². The van der Waals surface area contributed by atoms with Gasteiger partial charge in [0.2, 0.25) is 0 Å². The Bertz CT molecular complexity index is 476. The first kappa shape index (κ1) is 14.0. The van der Waals surface area contributed by atoms with Crippen molar-refractivity contribution >= 4 is 17.7 Å². The van der Waals surface area contributed by atoms with Gasteiger partial charge >= 0.3 is 12.0 Å². The fourth-order valence-corrected chi connectivity index (χ4v) is 1.29. The van der Waals surface area contributed by atoms with Crippen LogP contribution in [-0.2, 0) is 4.79 Å². The third-order valence-electron chi connectivity index (χ3n) is 2.77. The van der Waals surface area contributed by atoms with Gasteiger partial charge < -0.3 is 15.3 Å². The summed E-state index contributed by atoms with van der Waals surface area (Å²) < 4.78 is 13.3. The first-order valence-corrected chi connectivity index (χ1v) is 5.36. The van der Waals surface area contributed by atoms with Gasteiger partial charge in [0.15, 0.2) is 0 Å². The van der Waals surface area contributed by atoms with E-state index in [9.17, 15) is 14.0 Å². The Hall–Kier alpha value is -2.11. The molecule has 1 rings (SSSR count). The summed E-state index contributed by atoms with van der Waals surface area (Å²) in [5.41, 5.74) is 0.631. The summed E-state index contributed by atoms with van der Waals surface area (Å²) in [5.74, 6) is -1.54. The molecule has 18 heavy (non-hydrogen) atoms. The summed E-state index contributed by atoms with van der Waals surface area (Å²) in [6.45, 7) is 2.92. The average molecular weight is 254 g/mol. The van der Waals surface area contributed by atoms with E-state index in [2.05, 4.69) is 5.32 Å². The van der Waals surface area contributed by atoms with Crippen molar-refractivity contribution < 1.29 is 19.1 Å². The second-order valence-electron chi connectivity index (χ2n) is 3.97. The van der Waals surface area contributed by atoms with Crippen molar-refractivity contribution in [3.8, 4) is 0 Å². The van der Waals surface area contributed by atoms with Crippen LogP contribution in [0.5, 0.6) is 0 Å². The minimum Gasteiger partial charge on any atom is -0.480 e. The van der Waals surface area contributed by atoms with Gasteiger partial charge in [-0.1, -0.05) is 6.07 Å². The molecule has 0 bridgehead atoms. The number of anilines is 1. The molecule has 5 nitrogen and oxygen atoms in total. The Kier molecular flexibility index (Phi) is 4.25. The number of carboxylic acids is 1. The number of halogens is 1. The minimum absolute atomic E-state index is 0.308. The molecule has 0 saturated heterocycles. The number of amides is 2. The lowest BCUT2D eigenvalue weighted by molar-refractivity contribution is -0.141. The first-order chi connectivity index (χ1) is 8.34. The molecule has 1 unspecified atom stereocenters. The molecule has 0 saturated carbocycles. The quantitative estimate of drug-likeness (QED) is 0.867. The van der Waals surface area contributed by atoms with Crippen molar-refractivity contribution in [2.45, 2.75) is 19.9 Å². The molecule has 0 aliphatic carbocycles. The third-order valence-corrected chi connectivity index (χ3v) is 2.77. The van der Waals surface area contributed by atoms with E-state index in [4.69, 9.17) is 5.11 Å². The Morgan fingerprint density at radius 1 is 1.44 bits per heavy atom. The maximum Gasteiger partial charge on any atom is 0.326 e. The largest absolute Gasteiger partial charge is 0.480 e. The molecular formula is C12H15FN2O3. The molecular weight excluding hydrogens is 239 g/mol. The van der Waals surface area contributed by atoms with Crippen molar-refractivity contribution in [1.29, 1.82) is 0 Å². The Morgan fingerprint density at radius 2 is 2.06 bits per heavy atom. The van der Waals surface area contributed by atoms with E-state index in [-0.39, 0.29) is 0 Å². The summed E-state index contributed by atoms with van der Waals surface area (Å²) in [7, 11) is 1.36. The second-order valence-corrected chi connectivity index (χ2v) is 3.97. The van der Waals surface area contributed by atoms with E-state index in [1.54, 1.807) is 6.07 Å². The highest BCUT2D eigenvalue weighted by molar-refractivity contribution is 5.92. The smallest absolute Gasteiger partial charge is 0.326 e. The number of likely N-dealkylation sites (N-methyl/N-ethyl adjacent to an activating group) is 1. The molecule has 2 amide bonds. The van der Waals surface area contributed by atoms with Crippen molar-refractivity contribution in [3.63, 3.8) is 0 Å². The van der Waals surface area contributed by atoms with Crippen LogP contribution in [0.15, 0.2) is 18.2 Å². The third kappa shape index (κ3) is 2.97. The molecule has 6 heteroatoms. The van der Waals surface area contributed by atoms with E-state index in [0.717, 1.165) is 4.90 Å². The molecule has 0 radical (unpaired) electrons. The van der Waals surface area contributed by atoms with Crippen LogP contribution in [0.2, 0.25) is 0 Å². The molecule has 0 aromatic heterocycles. The maximum atomic E-state index is 13.3. The summed E-state index contributed by atoms with van der Waals surface area (Å²) in [5, 5.41) is 11.3. The maximum absolute atomic E-state index is 13.3. The van der Waals surface area contributed by atoms with Gasteiger partial charge in [-0.15, -0.1) is 0 Å². The number of benzene rings is 1. The average Bonchev–Trinajstić information content (AvgIpc) is 2.32. The van der Waals surface area contributed by atoms with Gasteiger partial charge in [-0.05, 0) is 26.0 Å². The van der Waals surface area contributed by atoms with Gasteiger partial charge in [0.25, 0.3) is 0 Å². The Balaban J connectivity index is 2.82. The van der Waals surface area contributed by atoms with Crippen LogP contribution in [0.1, 0.15) is 12.5 Å². The van der Waals surface area contributed by atoms with Crippen LogP contribution in [-0.4, -0.2) is 35.1 Å².